The molecular weight excluding hydrogens is 334 g/mol. The average Bonchev–Trinajstić information content (AvgIpc) is 2.46. The van der Waals surface area contributed by atoms with E-state index in [4.69, 9.17) is 10.5 Å². The molecule has 0 heterocycles. The Hall–Kier alpha value is -0.970. The van der Waals surface area contributed by atoms with Crippen molar-refractivity contribution < 1.29 is 4.74 Å². The molecule has 0 saturated carbocycles. The second-order valence-electron chi connectivity index (χ2n) is 4.51. The predicted molar refractivity (Wildman–Crippen MR) is 89.4 cm³/mol. The van der Waals surface area contributed by atoms with Crippen molar-refractivity contribution in [1.82, 2.24) is 0 Å². The monoisotopic (exact) mass is 351 g/mol. The highest BCUT2D eigenvalue weighted by molar-refractivity contribution is 9.10. The molecule has 1 unspecified atom stereocenters. The van der Waals surface area contributed by atoms with Crippen LogP contribution in [0.3, 0.4) is 0 Å². The van der Waals surface area contributed by atoms with E-state index in [-0.39, 0.29) is 6.04 Å². The second kappa shape index (κ2) is 7.72. The summed E-state index contributed by atoms with van der Waals surface area (Å²) in [4.78, 5) is 1.24. The van der Waals surface area contributed by atoms with Crippen molar-refractivity contribution in [1.29, 1.82) is 0 Å². The van der Waals surface area contributed by atoms with Gasteiger partial charge in [-0.3, -0.25) is 0 Å². The van der Waals surface area contributed by atoms with Gasteiger partial charge < -0.3 is 10.5 Å². The van der Waals surface area contributed by atoms with Crippen LogP contribution in [-0.2, 0) is 0 Å². The molecule has 0 aliphatic rings. The van der Waals surface area contributed by atoms with Crippen LogP contribution in [0.1, 0.15) is 18.5 Å². The number of hydrogen-bond acceptors (Lipinski definition) is 3. The quantitative estimate of drug-likeness (QED) is 0.608. The molecule has 2 aromatic rings. The number of hydrogen-bond donors (Lipinski definition) is 1. The summed E-state index contributed by atoms with van der Waals surface area (Å²) in [6, 6.07) is 16.4. The number of rotatable bonds is 6. The first kappa shape index (κ1) is 15.4. The van der Waals surface area contributed by atoms with Crippen LogP contribution in [0.15, 0.2) is 57.9 Å². The number of thioether (sulfide) groups is 1. The fourth-order valence-electron chi connectivity index (χ4n) is 1.72. The topological polar surface area (TPSA) is 35.2 Å². The van der Waals surface area contributed by atoms with E-state index in [1.54, 1.807) is 11.8 Å². The summed E-state index contributed by atoms with van der Waals surface area (Å²) in [5.41, 5.74) is 7.00. The molecule has 0 aliphatic carbocycles. The normalized spacial score (nSPS) is 12.2. The standard InChI is InChI=1S/C16H18BrNOS/c1-12(18)13-2-8-16(9-3-13)20-11-10-19-15-6-4-14(17)5-7-15/h2-9,12H,10-11,18H2,1H3. The summed E-state index contributed by atoms with van der Waals surface area (Å²) >= 11 is 5.19. The first-order chi connectivity index (χ1) is 9.65. The first-order valence-corrected chi connectivity index (χ1v) is 8.30. The van der Waals surface area contributed by atoms with Gasteiger partial charge >= 0.3 is 0 Å². The van der Waals surface area contributed by atoms with E-state index >= 15 is 0 Å². The van der Waals surface area contributed by atoms with Crippen LogP contribution < -0.4 is 10.5 Å². The van der Waals surface area contributed by atoms with E-state index in [1.165, 1.54) is 10.5 Å². The summed E-state index contributed by atoms with van der Waals surface area (Å²) < 4.78 is 6.75. The van der Waals surface area contributed by atoms with Crippen molar-refractivity contribution in [2.75, 3.05) is 12.4 Å². The maximum absolute atomic E-state index is 5.83. The highest BCUT2D eigenvalue weighted by Gasteiger charge is 2.00. The van der Waals surface area contributed by atoms with Crippen LogP contribution in [0.25, 0.3) is 0 Å². The highest BCUT2D eigenvalue weighted by Crippen LogP contribution is 2.21. The minimum absolute atomic E-state index is 0.0924. The minimum atomic E-state index is 0.0924. The van der Waals surface area contributed by atoms with Crippen LogP contribution in [0.2, 0.25) is 0 Å². The summed E-state index contributed by atoms with van der Waals surface area (Å²) in [5.74, 6) is 1.83. The summed E-state index contributed by atoms with van der Waals surface area (Å²) in [6.45, 7) is 2.69. The lowest BCUT2D eigenvalue weighted by Crippen LogP contribution is -2.04. The minimum Gasteiger partial charge on any atom is -0.493 e. The van der Waals surface area contributed by atoms with Crippen LogP contribution >= 0.6 is 27.7 Å². The molecule has 106 valence electrons. The fraction of sp³-hybridized carbons (Fsp3) is 0.250. The third-order valence-corrected chi connectivity index (χ3v) is 4.35. The maximum Gasteiger partial charge on any atom is 0.119 e. The van der Waals surface area contributed by atoms with Crippen molar-refractivity contribution in [2.24, 2.45) is 5.73 Å². The highest BCUT2D eigenvalue weighted by atomic mass is 79.9. The zero-order valence-electron chi connectivity index (χ0n) is 11.4. The van der Waals surface area contributed by atoms with Gasteiger partial charge in [-0.1, -0.05) is 28.1 Å². The molecule has 2 rings (SSSR count). The zero-order chi connectivity index (χ0) is 14.4. The van der Waals surface area contributed by atoms with Gasteiger partial charge in [-0.05, 0) is 48.9 Å². The Morgan fingerprint density at radius 2 is 1.75 bits per heavy atom. The smallest absolute Gasteiger partial charge is 0.119 e. The largest absolute Gasteiger partial charge is 0.493 e. The van der Waals surface area contributed by atoms with Gasteiger partial charge in [0.1, 0.15) is 5.75 Å². The van der Waals surface area contributed by atoms with Crippen molar-refractivity contribution in [3.63, 3.8) is 0 Å². The Labute approximate surface area is 132 Å². The van der Waals surface area contributed by atoms with E-state index in [9.17, 15) is 0 Å². The second-order valence-corrected chi connectivity index (χ2v) is 6.59. The lowest BCUT2D eigenvalue weighted by Gasteiger charge is -2.08. The van der Waals surface area contributed by atoms with Crippen LogP contribution in [0.4, 0.5) is 0 Å². The summed E-state index contributed by atoms with van der Waals surface area (Å²) in [7, 11) is 0. The van der Waals surface area contributed by atoms with Gasteiger partial charge in [0.2, 0.25) is 0 Å². The predicted octanol–water partition coefficient (Wildman–Crippen LogP) is 4.64. The van der Waals surface area contributed by atoms with Crippen molar-refractivity contribution in [3.05, 3.63) is 58.6 Å². The molecule has 0 radical (unpaired) electrons. The summed E-state index contributed by atoms with van der Waals surface area (Å²) in [6.07, 6.45) is 0. The number of nitrogens with two attached hydrogens (primary N) is 1. The molecular formula is C16H18BrNOS. The molecule has 1 atom stereocenters. The van der Waals surface area contributed by atoms with Crippen molar-refractivity contribution >= 4 is 27.7 Å². The molecule has 2 aromatic carbocycles. The van der Waals surface area contributed by atoms with Gasteiger partial charge in [0.15, 0.2) is 0 Å². The van der Waals surface area contributed by atoms with E-state index in [2.05, 4.69) is 40.2 Å². The molecule has 4 heteroatoms. The molecule has 0 fully saturated rings. The third kappa shape index (κ3) is 4.85. The molecule has 0 bridgehead atoms. The molecule has 20 heavy (non-hydrogen) atoms. The van der Waals surface area contributed by atoms with Crippen molar-refractivity contribution in [3.8, 4) is 5.75 Å². The average molecular weight is 352 g/mol. The Bertz CT molecular complexity index is 525. The Kier molecular flexibility index (Phi) is 5.95. The van der Waals surface area contributed by atoms with Gasteiger partial charge in [0, 0.05) is 21.2 Å². The molecule has 2 N–H and O–H groups in total. The Morgan fingerprint density at radius 1 is 1.10 bits per heavy atom. The van der Waals surface area contributed by atoms with Gasteiger partial charge in [-0.25, -0.2) is 0 Å². The van der Waals surface area contributed by atoms with Gasteiger partial charge in [0.05, 0.1) is 6.61 Å². The van der Waals surface area contributed by atoms with E-state index in [1.807, 2.05) is 31.2 Å². The van der Waals surface area contributed by atoms with Crippen LogP contribution in [0.5, 0.6) is 5.75 Å². The fourth-order valence-corrected chi connectivity index (χ4v) is 2.71. The van der Waals surface area contributed by atoms with E-state index in [0.29, 0.717) is 6.61 Å². The van der Waals surface area contributed by atoms with Crippen molar-refractivity contribution in [2.45, 2.75) is 17.9 Å². The number of halogens is 1. The molecule has 0 aliphatic heterocycles. The van der Waals surface area contributed by atoms with Gasteiger partial charge in [-0.15, -0.1) is 11.8 Å². The molecule has 0 amide bonds. The van der Waals surface area contributed by atoms with Gasteiger partial charge in [-0.2, -0.15) is 0 Å². The molecule has 0 saturated heterocycles. The Morgan fingerprint density at radius 3 is 2.35 bits per heavy atom. The van der Waals surface area contributed by atoms with E-state index in [0.717, 1.165) is 16.0 Å². The maximum atomic E-state index is 5.83. The first-order valence-electron chi connectivity index (χ1n) is 6.52. The SMILES string of the molecule is CC(N)c1ccc(SCCOc2ccc(Br)cc2)cc1. The van der Waals surface area contributed by atoms with Crippen LogP contribution in [0, 0.1) is 0 Å². The third-order valence-electron chi connectivity index (χ3n) is 2.84. The van der Waals surface area contributed by atoms with E-state index < -0.39 is 0 Å². The van der Waals surface area contributed by atoms with Gasteiger partial charge in [0.25, 0.3) is 0 Å². The molecule has 0 aromatic heterocycles. The Balaban J connectivity index is 1.74. The lowest BCUT2D eigenvalue weighted by molar-refractivity contribution is 0.344. The number of ether oxygens (including phenoxy) is 1. The molecule has 2 nitrogen and oxygen atoms in total. The van der Waals surface area contributed by atoms with Crippen LogP contribution in [-0.4, -0.2) is 12.4 Å². The zero-order valence-corrected chi connectivity index (χ0v) is 13.8. The lowest BCUT2D eigenvalue weighted by atomic mass is 10.1. The summed E-state index contributed by atoms with van der Waals surface area (Å²) in [5, 5.41) is 0. The number of benzene rings is 2. The molecule has 0 spiro atoms.